The number of furan rings is 1. The Balaban J connectivity index is 1.77. The lowest BCUT2D eigenvalue weighted by molar-refractivity contribution is 0.232. The molecule has 1 aliphatic heterocycles. The maximum Gasteiger partial charge on any atom is 0.121 e. The summed E-state index contributed by atoms with van der Waals surface area (Å²) >= 11 is 0. The fourth-order valence-corrected chi connectivity index (χ4v) is 3.40. The maximum atomic E-state index is 6.14. The Morgan fingerprint density at radius 2 is 2.11 bits per heavy atom. The van der Waals surface area contributed by atoms with Crippen molar-refractivity contribution in [2.24, 2.45) is 11.8 Å². The van der Waals surface area contributed by atoms with E-state index >= 15 is 0 Å². The highest BCUT2D eigenvalue weighted by Crippen LogP contribution is 2.48. The summed E-state index contributed by atoms with van der Waals surface area (Å²) in [6.07, 6.45) is 2.56. The maximum absolute atomic E-state index is 6.14. The van der Waals surface area contributed by atoms with E-state index in [1.807, 2.05) is 7.05 Å². The molecule has 0 spiro atoms. The first-order chi connectivity index (χ1) is 8.70. The normalized spacial score (nSPS) is 36.2. The molecule has 1 aliphatic carbocycles. The largest absolute Gasteiger partial charge is 0.464 e. The Labute approximate surface area is 110 Å². The molecule has 3 rings (SSSR count). The summed E-state index contributed by atoms with van der Waals surface area (Å²) in [4.78, 5) is 2.43. The Bertz CT molecular complexity index is 412. The van der Waals surface area contributed by atoms with Crippen LogP contribution in [-0.4, -0.2) is 32.1 Å². The summed E-state index contributed by atoms with van der Waals surface area (Å²) in [6.45, 7) is 4.55. The van der Waals surface area contributed by atoms with Gasteiger partial charge in [0.15, 0.2) is 0 Å². The van der Waals surface area contributed by atoms with Crippen LogP contribution >= 0.6 is 0 Å². The molecular formula is C15H24N2O. The van der Waals surface area contributed by atoms with Crippen LogP contribution in [0.4, 0.5) is 0 Å². The monoisotopic (exact) mass is 248 g/mol. The van der Waals surface area contributed by atoms with E-state index in [1.165, 1.54) is 30.9 Å². The van der Waals surface area contributed by atoms with Crippen molar-refractivity contribution < 1.29 is 4.42 Å². The van der Waals surface area contributed by atoms with Crippen molar-refractivity contribution in [1.29, 1.82) is 0 Å². The SMILES string of the molecule is CNCC1CCN(C)C1c1ccc(C2CC2C)o1. The molecule has 2 fully saturated rings. The van der Waals surface area contributed by atoms with Crippen LogP contribution in [0.2, 0.25) is 0 Å². The molecule has 0 radical (unpaired) electrons. The summed E-state index contributed by atoms with van der Waals surface area (Å²) in [5.74, 6) is 4.56. The zero-order valence-electron chi connectivity index (χ0n) is 11.6. The average molecular weight is 248 g/mol. The lowest BCUT2D eigenvalue weighted by atomic mass is 9.98. The second-order valence-electron chi connectivity index (χ2n) is 6.09. The van der Waals surface area contributed by atoms with Crippen molar-refractivity contribution in [3.05, 3.63) is 23.7 Å². The van der Waals surface area contributed by atoms with Crippen molar-refractivity contribution in [1.82, 2.24) is 10.2 Å². The van der Waals surface area contributed by atoms with Crippen LogP contribution in [0.25, 0.3) is 0 Å². The predicted molar refractivity (Wildman–Crippen MR) is 72.6 cm³/mol. The number of likely N-dealkylation sites (tertiary alicyclic amines) is 1. The molecule has 3 nitrogen and oxygen atoms in total. The van der Waals surface area contributed by atoms with E-state index in [4.69, 9.17) is 4.42 Å². The quantitative estimate of drug-likeness (QED) is 0.888. The molecule has 100 valence electrons. The molecule has 4 unspecified atom stereocenters. The van der Waals surface area contributed by atoms with E-state index in [0.29, 0.717) is 17.9 Å². The Morgan fingerprint density at radius 1 is 1.39 bits per heavy atom. The Kier molecular flexibility index (Phi) is 3.20. The molecule has 1 saturated carbocycles. The molecule has 1 saturated heterocycles. The molecular weight excluding hydrogens is 224 g/mol. The highest BCUT2D eigenvalue weighted by Gasteiger charge is 2.39. The predicted octanol–water partition coefficient (Wildman–Crippen LogP) is 2.62. The first-order valence-corrected chi connectivity index (χ1v) is 7.15. The van der Waals surface area contributed by atoms with Gasteiger partial charge in [0.2, 0.25) is 0 Å². The van der Waals surface area contributed by atoms with Gasteiger partial charge in [0, 0.05) is 5.92 Å². The Hall–Kier alpha value is -0.800. The molecule has 0 amide bonds. The van der Waals surface area contributed by atoms with Crippen LogP contribution in [0.15, 0.2) is 16.5 Å². The molecule has 1 aromatic heterocycles. The summed E-state index contributed by atoms with van der Waals surface area (Å²) < 4.78 is 6.14. The fourth-order valence-electron chi connectivity index (χ4n) is 3.40. The molecule has 3 heteroatoms. The highest BCUT2D eigenvalue weighted by molar-refractivity contribution is 5.20. The third kappa shape index (κ3) is 2.10. The van der Waals surface area contributed by atoms with E-state index in [9.17, 15) is 0 Å². The number of nitrogens with zero attached hydrogens (tertiary/aromatic N) is 1. The summed E-state index contributed by atoms with van der Waals surface area (Å²) in [6, 6.07) is 4.86. The van der Waals surface area contributed by atoms with Gasteiger partial charge >= 0.3 is 0 Å². The van der Waals surface area contributed by atoms with Crippen LogP contribution in [0, 0.1) is 11.8 Å². The van der Waals surface area contributed by atoms with Crippen molar-refractivity contribution in [3.63, 3.8) is 0 Å². The summed E-state index contributed by atoms with van der Waals surface area (Å²) in [5.41, 5.74) is 0. The van der Waals surface area contributed by atoms with Crippen LogP contribution < -0.4 is 5.32 Å². The first-order valence-electron chi connectivity index (χ1n) is 7.15. The standard InChI is InChI=1S/C15H24N2O/c1-10-8-12(10)13-4-5-14(18-13)15-11(9-16-2)6-7-17(15)3/h4-5,10-12,15-16H,6-9H2,1-3H3. The minimum absolute atomic E-state index is 0.459. The zero-order valence-corrected chi connectivity index (χ0v) is 11.6. The van der Waals surface area contributed by atoms with Gasteiger partial charge in [-0.1, -0.05) is 6.92 Å². The first kappa shape index (κ1) is 12.2. The van der Waals surface area contributed by atoms with E-state index in [2.05, 4.69) is 36.3 Å². The molecule has 0 bridgehead atoms. The van der Waals surface area contributed by atoms with Crippen molar-refractivity contribution in [2.75, 3.05) is 27.2 Å². The number of nitrogens with one attached hydrogen (secondary N) is 1. The molecule has 0 aromatic carbocycles. The lowest BCUT2D eigenvalue weighted by Crippen LogP contribution is -2.26. The highest BCUT2D eigenvalue weighted by atomic mass is 16.3. The van der Waals surface area contributed by atoms with Gasteiger partial charge in [0.1, 0.15) is 11.5 Å². The van der Waals surface area contributed by atoms with Gasteiger partial charge < -0.3 is 9.73 Å². The Morgan fingerprint density at radius 3 is 2.78 bits per heavy atom. The van der Waals surface area contributed by atoms with Gasteiger partial charge in [-0.25, -0.2) is 0 Å². The third-order valence-corrected chi connectivity index (χ3v) is 4.65. The minimum atomic E-state index is 0.459. The minimum Gasteiger partial charge on any atom is -0.464 e. The summed E-state index contributed by atoms with van der Waals surface area (Å²) in [5, 5.41) is 3.31. The van der Waals surface area contributed by atoms with Gasteiger partial charge in [-0.15, -0.1) is 0 Å². The third-order valence-electron chi connectivity index (χ3n) is 4.65. The van der Waals surface area contributed by atoms with Crippen molar-refractivity contribution in [2.45, 2.75) is 31.7 Å². The van der Waals surface area contributed by atoms with Crippen molar-refractivity contribution >= 4 is 0 Å². The van der Waals surface area contributed by atoms with Crippen LogP contribution in [-0.2, 0) is 0 Å². The molecule has 1 N–H and O–H groups in total. The number of hydrogen-bond donors (Lipinski definition) is 1. The number of hydrogen-bond acceptors (Lipinski definition) is 3. The molecule has 18 heavy (non-hydrogen) atoms. The second kappa shape index (κ2) is 4.71. The fraction of sp³-hybridized carbons (Fsp3) is 0.733. The molecule has 4 atom stereocenters. The van der Waals surface area contributed by atoms with E-state index in [0.717, 1.165) is 12.5 Å². The molecule has 2 heterocycles. The topological polar surface area (TPSA) is 28.4 Å². The van der Waals surface area contributed by atoms with Crippen LogP contribution in [0.3, 0.4) is 0 Å². The smallest absolute Gasteiger partial charge is 0.121 e. The van der Waals surface area contributed by atoms with Gasteiger partial charge in [-0.2, -0.15) is 0 Å². The van der Waals surface area contributed by atoms with E-state index in [1.54, 1.807) is 0 Å². The van der Waals surface area contributed by atoms with Crippen LogP contribution in [0.5, 0.6) is 0 Å². The van der Waals surface area contributed by atoms with Crippen LogP contribution in [0.1, 0.15) is 43.2 Å². The number of rotatable bonds is 4. The lowest BCUT2D eigenvalue weighted by Gasteiger charge is -2.22. The van der Waals surface area contributed by atoms with Gasteiger partial charge in [-0.3, -0.25) is 4.90 Å². The average Bonchev–Trinajstić information content (AvgIpc) is 2.77. The van der Waals surface area contributed by atoms with Gasteiger partial charge in [-0.05, 0) is 64.0 Å². The molecule has 1 aromatic rings. The van der Waals surface area contributed by atoms with Gasteiger partial charge in [0.05, 0.1) is 6.04 Å². The second-order valence-corrected chi connectivity index (χ2v) is 6.09. The summed E-state index contributed by atoms with van der Waals surface area (Å²) in [7, 11) is 4.25. The zero-order chi connectivity index (χ0) is 12.7. The van der Waals surface area contributed by atoms with E-state index < -0.39 is 0 Å². The molecule has 2 aliphatic rings. The van der Waals surface area contributed by atoms with Gasteiger partial charge in [0.25, 0.3) is 0 Å². The van der Waals surface area contributed by atoms with Crippen molar-refractivity contribution in [3.8, 4) is 0 Å². The van der Waals surface area contributed by atoms with E-state index in [-0.39, 0.29) is 0 Å².